The summed E-state index contributed by atoms with van der Waals surface area (Å²) in [5.74, 6) is -0.514. The van der Waals surface area contributed by atoms with Crippen molar-refractivity contribution in [3.8, 4) is 0 Å². The molecule has 0 unspecified atom stereocenters. The number of aromatic nitrogens is 2. The van der Waals surface area contributed by atoms with Crippen LogP contribution in [-0.4, -0.2) is 27.6 Å². The number of nitrogens with zero attached hydrogens (tertiary/aromatic N) is 2. The molecule has 0 aliphatic heterocycles. The van der Waals surface area contributed by atoms with E-state index >= 15 is 0 Å². The van der Waals surface area contributed by atoms with E-state index in [1.807, 2.05) is 6.92 Å². The zero-order valence-corrected chi connectivity index (χ0v) is 14.8. The molecule has 130 valence electrons. The van der Waals surface area contributed by atoms with Crippen LogP contribution in [0.5, 0.6) is 0 Å². The average molecular weight is 359 g/mol. The highest BCUT2D eigenvalue weighted by molar-refractivity contribution is 6.31. The summed E-state index contributed by atoms with van der Waals surface area (Å²) in [6.45, 7) is 1.82. The van der Waals surface area contributed by atoms with Crippen LogP contribution in [0.2, 0.25) is 5.15 Å². The van der Waals surface area contributed by atoms with Crippen LogP contribution < -0.4 is 10.6 Å². The van der Waals surface area contributed by atoms with Crippen molar-refractivity contribution in [2.75, 3.05) is 5.32 Å². The Hall–Kier alpha value is -2.60. The Balaban J connectivity index is 1.72. The van der Waals surface area contributed by atoms with E-state index in [4.69, 9.17) is 11.6 Å². The highest BCUT2D eigenvalue weighted by atomic mass is 35.5. The number of hydrogen-bond donors (Lipinski definition) is 2. The largest absolute Gasteiger partial charge is 0.349 e. The minimum absolute atomic E-state index is 0.173. The summed E-state index contributed by atoms with van der Waals surface area (Å²) in [6, 6.07) is 7.20. The molecule has 0 bridgehead atoms. The Kier molecular flexibility index (Phi) is 4.90. The van der Waals surface area contributed by atoms with Crippen LogP contribution in [0.25, 0.3) is 6.08 Å². The number of halogens is 1. The molecule has 2 N–H and O–H groups in total. The van der Waals surface area contributed by atoms with Gasteiger partial charge in [0.15, 0.2) is 0 Å². The summed E-state index contributed by atoms with van der Waals surface area (Å²) in [7, 11) is 1.74. The van der Waals surface area contributed by atoms with Crippen LogP contribution in [0.3, 0.4) is 0 Å². The molecular formula is C18H19ClN4O2. The Morgan fingerprint density at radius 2 is 2.04 bits per heavy atom. The van der Waals surface area contributed by atoms with Gasteiger partial charge in [0.1, 0.15) is 5.15 Å². The van der Waals surface area contributed by atoms with Gasteiger partial charge < -0.3 is 10.6 Å². The molecule has 2 aromatic rings. The van der Waals surface area contributed by atoms with Crippen LogP contribution in [0.4, 0.5) is 5.69 Å². The van der Waals surface area contributed by atoms with Crippen LogP contribution in [0.1, 0.15) is 34.5 Å². The van der Waals surface area contributed by atoms with Crippen molar-refractivity contribution in [1.82, 2.24) is 15.1 Å². The first-order chi connectivity index (χ1) is 12.0. The fourth-order valence-electron chi connectivity index (χ4n) is 2.45. The predicted molar refractivity (Wildman–Crippen MR) is 97.5 cm³/mol. The van der Waals surface area contributed by atoms with Gasteiger partial charge in [0.25, 0.3) is 5.91 Å². The lowest BCUT2D eigenvalue weighted by molar-refractivity contribution is -0.111. The minimum Gasteiger partial charge on any atom is -0.349 e. The quantitative estimate of drug-likeness (QED) is 0.807. The van der Waals surface area contributed by atoms with E-state index in [1.54, 1.807) is 42.1 Å². The standard InChI is InChI=1S/C18H19ClN4O2/c1-11-13(17(19)23(2)22-11)9-10-16(24)21-15-6-4-3-5-14(15)18(25)20-12-7-8-12/h3-6,9-10,12H,7-8H2,1-2H3,(H,20,25)(H,21,24)/b10-9+. The van der Waals surface area contributed by atoms with Gasteiger partial charge in [-0.1, -0.05) is 23.7 Å². The molecule has 1 fully saturated rings. The number of para-hydroxylation sites is 1. The number of hydrogen-bond acceptors (Lipinski definition) is 3. The Morgan fingerprint density at radius 1 is 1.32 bits per heavy atom. The van der Waals surface area contributed by atoms with E-state index in [2.05, 4.69) is 15.7 Å². The molecule has 7 heteroatoms. The molecule has 2 amide bonds. The van der Waals surface area contributed by atoms with Crippen LogP contribution in [0.15, 0.2) is 30.3 Å². The van der Waals surface area contributed by atoms with Gasteiger partial charge >= 0.3 is 0 Å². The van der Waals surface area contributed by atoms with Crippen molar-refractivity contribution < 1.29 is 9.59 Å². The lowest BCUT2D eigenvalue weighted by atomic mass is 10.1. The minimum atomic E-state index is -0.342. The number of anilines is 1. The van der Waals surface area contributed by atoms with E-state index in [-0.39, 0.29) is 17.9 Å². The molecule has 1 aromatic heterocycles. The van der Waals surface area contributed by atoms with Crippen LogP contribution in [-0.2, 0) is 11.8 Å². The van der Waals surface area contributed by atoms with Gasteiger partial charge in [-0.15, -0.1) is 0 Å². The van der Waals surface area contributed by atoms with Gasteiger partial charge in [0.2, 0.25) is 5.91 Å². The monoisotopic (exact) mass is 358 g/mol. The molecular weight excluding hydrogens is 340 g/mol. The molecule has 1 heterocycles. The van der Waals surface area contributed by atoms with Crippen LogP contribution >= 0.6 is 11.6 Å². The van der Waals surface area contributed by atoms with Crippen molar-refractivity contribution >= 4 is 35.2 Å². The molecule has 6 nitrogen and oxygen atoms in total. The van der Waals surface area contributed by atoms with Gasteiger partial charge in [-0.25, -0.2) is 0 Å². The zero-order valence-electron chi connectivity index (χ0n) is 14.0. The van der Waals surface area contributed by atoms with Gasteiger partial charge in [0.05, 0.1) is 16.9 Å². The van der Waals surface area contributed by atoms with Crippen molar-refractivity contribution in [3.63, 3.8) is 0 Å². The van der Waals surface area contributed by atoms with E-state index in [1.165, 1.54) is 6.08 Å². The molecule has 0 spiro atoms. The summed E-state index contributed by atoms with van der Waals surface area (Å²) in [5, 5.41) is 10.3. The third-order valence-electron chi connectivity index (χ3n) is 3.94. The first kappa shape index (κ1) is 17.2. The molecule has 25 heavy (non-hydrogen) atoms. The van der Waals surface area contributed by atoms with E-state index in [0.29, 0.717) is 22.0 Å². The lowest BCUT2D eigenvalue weighted by Gasteiger charge is -2.09. The second kappa shape index (κ2) is 7.11. The Bertz CT molecular complexity index is 853. The SMILES string of the molecule is Cc1nn(C)c(Cl)c1/C=C/C(=O)Nc1ccccc1C(=O)NC1CC1. The number of amides is 2. The number of carbonyl (C=O) groups is 2. The third kappa shape index (κ3) is 4.09. The summed E-state index contributed by atoms with van der Waals surface area (Å²) in [6.07, 6.45) is 5.01. The number of aryl methyl sites for hydroxylation is 2. The lowest BCUT2D eigenvalue weighted by Crippen LogP contribution is -2.26. The zero-order chi connectivity index (χ0) is 18.0. The Morgan fingerprint density at radius 3 is 2.68 bits per heavy atom. The summed E-state index contributed by atoms with van der Waals surface area (Å²) in [4.78, 5) is 24.5. The molecule has 3 rings (SSSR count). The average Bonchev–Trinajstić information content (AvgIpc) is 3.34. The maximum absolute atomic E-state index is 12.3. The molecule has 1 saturated carbocycles. The van der Waals surface area contributed by atoms with Gasteiger partial charge in [-0.2, -0.15) is 5.10 Å². The predicted octanol–water partition coefficient (Wildman–Crippen LogP) is 2.93. The summed E-state index contributed by atoms with van der Waals surface area (Å²) in [5.41, 5.74) is 2.36. The van der Waals surface area contributed by atoms with Crippen molar-refractivity contribution in [1.29, 1.82) is 0 Å². The van der Waals surface area contributed by atoms with Crippen LogP contribution in [0, 0.1) is 6.92 Å². The normalized spacial score (nSPS) is 13.9. The van der Waals surface area contributed by atoms with Gasteiger partial charge in [-0.05, 0) is 38.0 Å². The summed E-state index contributed by atoms with van der Waals surface area (Å²) < 4.78 is 1.55. The smallest absolute Gasteiger partial charge is 0.253 e. The maximum atomic E-state index is 12.3. The molecule has 0 radical (unpaired) electrons. The van der Waals surface area contributed by atoms with E-state index in [9.17, 15) is 9.59 Å². The highest BCUT2D eigenvalue weighted by Gasteiger charge is 2.24. The molecule has 1 aliphatic rings. The third-order valence-corrected chi connectivity index (χ3v) is 4.39. The highest BCUT2D eigenvalue weighted by Crippen LogP contribution is 2.22. The van der Waals surface area contributed by atoms with Crippen molar-refractivity contribution in [2.45, 2.75) is 25.8 Å². The van der Waals surface area contributed by atoms with Gasteiger partial charge in [-0.3, -0.25) is 14.3 Å². The first-order valence-corrected chi connectivity index (χ1v) is 8.41. The van der Waals surface area contributed by atoms with E-state index < -0.39 is 0 Å². The molecule has 0 saturated heterocycles. The molecule has 1 aliphatic carbocycles. The Labute approximate surface area is 150 Å². The van der Waals surface area contributed by atoms with Crippen molar-refractivity contribution in [3.05, 3.63) is 52.3 Å². The number of carbonyl (C=O) groups excluding carboxylic acids is 2. The second-order valence-electron chi connectivity index (χ2n) is 6.03. The number of nitrogens with one attached hydrogen (secondary N) is 2. The maximum Gasteiger partial charge on any atom is 0.253 e. The van der Waals surface area contributed by atoms with Gasteiger partial charge in [0, 0.05) is 24.7 Å². The fourth-order valence-corrected chi connectivity index (χ4v) is 2.69. The topological polar surface area (TPSA) is 76.0 Å². The first-order valence-electron chi connectivity index (χ1n) is 8.03. The fraction of sp³-hybridized carbons (Fsp3) is 0.278. The number of rotatable bonds is 5. The second-order valence-corrected chi connectivity index (χ2v) is 6.39. The summed E-state index contributed by atoms with van der Waals surface area (Å²) >= 11 is 6.14. The van der Waals surface area contributed by atoms with E-state index in [0.717, 1.165) is 18.5 Å². The molecule has 1 aromatic carbocycles. The van der Waals surface area contributed by atoms with Crippen molar-refractivity contribution in [2.24, 2.45) is 7.05 Å². The molecule has 0 atom stereocenters. The number of benzene rings is 1.